The molecule has 5 nitrogen and oxygen atoms in total. The van der Waals surface area contributed by atoms with Gasteiger partial charge < -0.3 is 19.7 Å². The number of hydrogen-bond donors (Lipinski definition) is 1. The lowest BCUT2D eigenvalue weighted by Gasteiger charge is -2.38. The predicted molar refractivity (Wildman–Crippen MR) is 98.0 cm³/mol. The first-order valence-corrected chi connectivity index (χ1v) is 8.22. The highest BCUT2D eigenvalue weighted by atomic mass is 35.5. The molecule has 1 saturated heterocycles. The van der Waals surface area contributed by atoms with Crippen LogP contribution in [-0.2, 0) is 9.53 Å². The third-order valence-electron chi connectivity index (χ3n) is 4.50. The molecule has 1 N–H and O–H groups in total. The molecule has 2 rings (SSSR count). The Balaban J connectivity index is 0.00000288. The van der Waals surface area contributed by atoms with E-state index in [1.54, 1.807) is 12.0 Å². The highest BCUT2D eigenvalue weighted by molar-refractivity contribution is 5.85. The third-order valence-corrected chi connectivity index (χ3v) is 4.50. The smallest absolute Gasteiger partial charge is 0.231 e. The molecule has 136 valence electrons. The lowest BCUT2D eigenvalue weighted by Crippen LogP contribution is -2.51. The van der Waals surface area contributed by atoms with Crippen LogP contribution in [0.1, 0.15) is 18.4 Å². The quantitative estimate of drug-likeness (QED) is 0.814. The van der Waals surface area contributed by atoms with Crippen LogP contribution in [0.3, 0.4) is 0 Å². The molecule has 6 heteroatoms. The third kappa shape index (κ3) is 5.36. The van der Waals surface area contributed by atoms with E-state index in [4.69, 9.17) is 9.47 Å². The standard InChI is InChI=1S/C18H28N2O3.ClH/c1-15-4-6-16(7-5-15)23-13-12-20(2)17(21)18(14-22-3)8-10-19-11-9-18;/h4-7,19H,8-14H2,1-3H3;1H. The molecule has 1 heterocycles. The van der Waals surface area contributed by atoms with Gasteiger partial charge in [-0.15, -0.1) is 12.4 Å². The number of amides is 1. The zero-order chi connectivity index (χ0) is 16.7. The van der Waals surface area contributed by atoms with Gasteiger partial charge in [-0.1, -0.05) is 17.7 Å². The number of ether oxygens (including phenoxy) is 2. The summed E-state index contributed by atoms with van der Waals surface area (Å²) in [5.41, 5.74) is 0.815. The molecule has 0 aliphatic carbocycles. The van der Waals surface area contributed by atoms with E-state index >= 15 is 0 Å². The van der Waals surface area contributed by atoms with E-state index in [1.807, 2.05) is 38.2 Å². The van der Waals surface area contributed by atoms with Crippen LogP contribution in [0.25, 0.3) is 0 Å². The summed E-state index contributed by atoms with van der Waals surface area (Å²) in [5, 5.41) is 3.31. The van der Waals surface area contributed by atoms with E-state index in [-0.39, 0.29) is 18.3 Å². The summed E-state index contributed by atoms with van der Waals surface area (Å²) < 4.78 is 11.1. The highest BCUT2D eigenvalue weighted by Gasteiger charge is 2.41. The van der Waals surface area contributed by atoms with Gasteiger partial charge in [0.25, 0.3) is 0 Å². The number of rotatable bonds is 7. The van der Waals surface area contributed by atoms with Crippen LogP contribution in [0.15, 0.2) is 24.3 Å². The van der Waals surface area contributed by atoms with Gasteiger partial charge in [0.15, 0.2) is 0 Å². The van der Waals surface area contributed by atoms with Crippen molar-refractivity contribution < 1.29 is 14.3 Å². The number of likely N-dealkylation sites (N-methyl/N-ethyl adjacent to an activating group) is 1. The first kappa shape index (κ1) is 20.7. The molecule has 1 aliphatic rings. The van der Waals surface area contributed by atoms with Gasteiger partial charge in [-0.05, 0) is 45.0 Å². The zero-order valence-electron chi connectivity index (χ0n) is 14.8. The second-order valence-corrected chi connectivity index (χ2v) is 6.35. The maximum Gasteiger partial charge on any atom is 0.231 e. The Hall–Kier alpha value is -1.30. The van der Waals surface area contributed by atoms with Gasteiger partial charge in [0, 0.05) is 14.2 Å². The van der Waals surface area contributed by atoms with Gasteiger partial charge in [0.2, 0.25) is 5.91 Å². The number of hydrogen-bond acceptors (Lipinski definition) is 4. The Morgan fingerprint density at radius 1 is 1.25 bits per heavy atom. The molecule has 0 saturated carbocycles. The fourth-order valence-electron chi connectivity index (χ4n) is 3.04. The van der Waals surface area contributed by atoms with Crippen LogP contribution in [-0.4, -0.2) is 57.8 Å². The summed E-state index contributed by atoms with van der Waals surface area (Å²) in [6.45, 7) is 5.32. The SMILES string of the molecule is COCC1(C(=O)N(C)CCOc2ccc(C)cc2)CCNCC1.Cl. The normalized spacial score (nSPS) is 16.1. The number of nitrogens with zero attached hydrogens (tertiary/aromatic N) is 1. The van der Waals surface area contributed by atoms with Crippen molar-refractivity contribution >= 4 is 18.3 Å². The summed E-state index contributed by atoms with van der Waals surface area (Å²) in [5.74, 6) is 0.998. The van der Waals surface area contributed by atoms with Gasteiger partial charge in [0.05, 0.1) is 18.6 Å². The number of carbonyl (C=O) groups excluding carboxylic acids is 1. The zero-order valence-corrected chi connectivity index (χ0v) is 15.7. The minimum Gasteiger partial charge on any atom is -0.492 e. The van der Waals surface area contributed by atoms with E-state index in [0.29, 0.717) is 19.8 Å². The monoisotopic (exact) mass is 356 g/mol. The summed E-state index contributed by atoms with van der Waals surface area (Å²) in [7, 11) is 3.51. The predicted octanol–water partition coefficient (Wildman–Crippen LogP) is 2.27. The topological polar surface area (TPSA) is 50.8 Å². The molecule has 1 amide bonds. The molecule has 0 aromatic heterocycles. The highest BCUT2D eigenvalue weighted by Crippen LogP contribution is 2.31. The van der Waals surface area contributed by atoms with Crippen molar-refractivity contribution in [2.45, 2.75) is 19.8 Å². The maximum absolute atomic E-state index is 12.9. The van der Waals surface area contributed by atoms with Crippen LogP contribution in [0.4, 0.5) is 0 Å². The van der Waals surface area contributed by atoms with Crippen LogP contribution >= 0.6 is 12.4 Å². The Labute approximate surface area is 151 Å². The first-order chi connectivity index (χ1) is 11.1. The molecule has 1 aliphatic heterocycles. The number of piperidine rings is 1. The molecule has 1 fully saturated rings. The molecule has 0 bridgehead atoms. The summed E-state index contributed by atoms with van der Waals surface area (Å²) in [4.78, 5) is 14.6. The molecular weight excluding hydrogens is 328 g/mol. The van der Waals surface area contributed by atoms with Gasteiger partial charge in [-0.25, -0.2) is 0 Å². The van der Waals surface area contributed by atoms with Crippen molar-refractivity contribution in [1.29, 1.82) is 0 Å². The van der Waals surface area contributed by atoms with Crippen LogP contribution < -0.4 is 10.1 Å². The molecule has 1 aromatic carbocycles. The molecule has 0 unspecified atom stereocenters. The lowest BCUT2D eigenvalue weighted by atomic mass is 9.78. The number of nitrogens with one attached hydrogen (secondary N) is 1. The van der Waals surface area contributed by atoms with Crippen molar-refractivity contribution in [3.8, 4) is 5.75 Å². The minimum atomic E-state index is -0.390. The molecule has 0 radical (unpaired) electrons. The van der Waals surface area contributed by atoms with Gasteiger partial charge in [-0.2, -0.15) is 0 Å². The molecule has 0 spiro atoms. The number of halogens is 1. The summed E-state index contributed by atoms with van der Waals surface area (Å²) in [6, 6.07) is 7.95. The number of carbonyl (C=O) groups is 1. The Morgan fingerprint density at radius 2 is 1.88 bits per heavy atom. The van der Waals surface area contributed by atoms with Crippen molar-refractivity contribution in [3.63, 3.8) is 0 Å². The van der Waals surface area contributed by atoms with Crippen molar-refractivity contribution in [1.82, 2.24) is 10.2 Å². The van der Waals surface area contributed by atoms with Crippen LogP contribution in [0, 0.1) is 12.3 Å². The molecule has 0 atom stereocenters. The average molecular weight is 357 g/mol. The maximum atomic E-state index is 12.9. The van der Waals surface area contributed by atoms with Gasteiger partial charge in [0.1, 0.15) is 12.4 Å². The second-order valence-electron chi connectivity index (χ2n) is 6.35. The minimum absolute atomic E-state index is 0. The largest absolute Gasteiger partial charge is 0.492 e. The van der Waals surface area contributed by atoms with E-state index in [0.717, 1.165) is 31.7 Å². The first-order valence-electron chi connectivity index (χ1n) is 8.22. The van der Waals surface area contributed by atoms with Crippen molar-refractivity contribution in [2.75, 3.05) is 47.0 Å². The van der Waals surface area contributed by atoms with Gasteiger partial charge in [-0.3, -0.25) is 4.79 Å². The van der Waals surface area contributed by atoms with Crippen molar-refractivity contribution in [2.24, 2.45) is 5.41 Å². The fourth-order valence-corrected chi connectivity index (χ4v) is 3.04. The lowest BCUT2D eigenvalue weighted by molar-refractivity contribution is -0.146. The number of aryl methyl sites for hydroxylation is 1. The summed E-state index contributed by atoms with van der Waals surface area (Å²) in [6.07, 6.45) is 1.64. The van der Waals surface area contributed by atoms with E-state index in [9.17, 15) is 4.79 Å². The van der Waals surface area contributed by atoms with E-state index < -0.39 is 5.41 Å². The summed E-state index contributed by atoms with van der Waals surface area (Å²) >= 11 is 0. The van der Waals surface area contributed by atoms with Crippen LogP contribution in [0.2, 0.25) is 0 Å². The number of benzene rings is 1. The number of methoxy groups -OCH3 is 1. The van der Waals surface area contributed by atoms with E-state index in [1.165, 1.54) is 5.56 Å². The van der Waals surface area contributed by atoms with Crippen LogP contribution in [0.5, 0.6) is 5.75 Å². The second kappa shape index (κ2) is 9.87. The molecule has 24 heavy (non-hydrogen) atoms. The van der Waals surface area contributed by atoms with E-state index in [2.05, 4.69) is 5.32 Å². The fraction of sp³-hybridized carbons (Fsp3) is 0.611. The molecular formula is C18H29ClN2O3. The molecule has 1 aromatic rings. The van der Waals surface area contributed by atoms with Crippen molar-refractivity contribution in [3.05, 3.63) is 29.8 Å². The Kier molecular flexibility index (Phi) is 8.53. The van der Waals surface area contributed by atoms with Gasteiger partial charge >= 0.3 is 0 Å². The Morgan fingerprint density at radius 3 is 2.46 bits per heavy atom. The average Bonchev–Trinajstić information content (AvgIpc) is 2.57. The Bertz CT molecular complexity index is 496.